The molecule has 1 saturated carbocycles. The van der Waals surface area contributed by atoms with Crippen molar-refractivity contribution in [2.24, 2.45) is 0 Å². The van der Waals surface area contributed by atoms with Gasteiger partial charge in [-0.15, -0.1) is 0 Å². The number of para-hydroxylation sites is 1. The molecule has 7 heteroatoms. The van der Waals surface area contributed by atoms with Crippen LogP contribution in [0.15, 0.2) is 73.3 Å². The van der Waals surface area contributed by atoms with Crippen LogP contribution in [0.4, 0.5) is 5.82 Å². The number of benzene rings is 2. The van der Waals surface area contributed by atoms with E-state index >= 15 is 0 Å². The summed E-state index contributed by atoms with van der Waals surface area (Å²) in [5, 5.41) is 7.45. The van der Waals surface area contributed by atoms with E-state index in [4.69, 9.17) is 9.47 Å². The first kappa shape index (κ1) is 20.4. The topological polar surface area (TPSA) is 82.4 Å². The number of carbonyl (C=O) groups excluding carboxylic acids is 2. The van der Waals surface area contributed by atoms with Crippen LogP contribution in [-0.2, 0) is 9.53 Å². The Balaban J connectivity index is 1.37. The molecule has 0 saturated heterocycles. The summed E-state index contributed by atoms with van der Waals surface area (Å²) >= 11 is 0. The van der Waals surface area contributed by atoms with E-state index in [0.29, 0.717) is 29.7 Å². The third-order valence-electron chi connectivity index (χ3n) is 4.78. The maximum Gasteiger partial charge on any atom is 0.338 e. The van der Waals surface area contributed by atoms with Crippen molar-refractivity contribution in [3.8, 4) is 11.4 Å². The lowest BCUT2D eigenvalue weighted by molar-refractivity contribution is -0.119. The van der Waals surface area contributed by atoms with Crippen molar-refractivity contribution >= 4 is 17.7 Å². The molecule has 0 spiro atoms. The minimum absolute atomic E-state index is 0.337. The number of carbonyl (C=O) groups is 2. The number of amides is 1. The molecule has 1 aliphatic rings. The molecule has 1 aliphatic carbocycles. The summed E-state index contributed by atoms with van der Waals surface area (Å²) in [6.45, 7) is 3.57. The van der Waals surface area contributed by atoms with Crippen molar-refractivity contribution in [3.63, 3.8) is 0 Å². The first-order valence-corrected chi connectivity index (χ1v) is 10.1. The van der Waals surface area contributed by atoms with Crippen molar-refractivity contribution in [3.05, 3.63) is 84.6 Å². The molecular weight excluding hydrogens is 394 g/mol. The molecule has 1 fully saturated rings. The van der Waals surface area contributed by atoms with E-state index in [9.17, 15) is 9.59 Å². The Bertz CT molecular complexity index is 1070. The second-order valence-electron chi connectivity index (χ2n) is 7.22. The molecule has 7 nitrogen and oxygen atoms in total. The number of aromatic nitrogens is 2. The predicted molar refractivity (Wildman–Crippen MR) is 117 cm³/mol. The van der Waals surface area contributed by atoms with E-state index in [1.54, 1.807) is 35.0 Å². The highest BCUT2D eigenvalue weighted by Crippen LogP contribution is 2.40. The third-order valence-corrected chi connectivity index (χ3v) is 4.78. The van der Waals surface area contributed by atoms with Gasteiger partial charge in [0.05, 0.1) is 16.9 Å². The zero-order valence-electron chi connectivity index (χ0n) is 17.0. The third kappa shape index (κ3) is 5.19. The van der Waals surface area contributed by atoms with Gasteiger partial charge < -0.3 is 14.8 Å². The minimum Gasteiger partial charge on any atom is -0.490 e. The Hall–Kier alpha value is -3.87. The van der Waals surface area contributed by atoms with Crippen molar-refractivity contribution < 1.29 is 19.1 Å². The Morgan fingerprint density at radius 3 is 2.55 bits per heavy atom. The molecule has 0 atom stereocenters. The second-order valence-corrected chi connectivity index (χ2v) is 7.22. The first-order chi connectivity index (χ1) is 15.1. The summed E-state index contributed by atoms with van der Waals surface area (Å²) in [5.41, 5.74) is 2.14. The summed E-state index contributed by atoms with van der Waals surface area (Å²) in [6, 6.07) is 18.0. The maximum atomic E-state index is 12.4. The number of anilines is 1. The van der Waals surface area contributed by atoms with Gasteiger partial charge in [0.25, 0.3) is 5.91 Å². The quantitative estimate of drug-likeness (QED) is 0.419. The molecule has 1 aromatic heterocycles. The Kier molecular flexibility index (Phi) is 6.12. The summed E-state index contributed by atoms with van der Waals surface area (Å²) in [7, 11) is 0. The van der Waals surface area contributed by atoms with Gasteiger partial charge in [-0.2, -0.15) is 5.10 Å². The number of rotatable bonds is 9. The van der Waals surface area contributed by atoms with Gasteiger partial charge in [0, 0.05) is 12.0 Å². The van der Waals surface area contributed by atoms with Crippen LogP contribution >= 0.6 is 0 Å². The molecule has 4 rings (SSSR count). The van der Waals surface area contributed by atoms with Gasteiger partial charge in [0.15, 0.2) is 6.61 Å². The highest BCUT2D eigenvalue weighted by atomic mass is 16.5. The van der Waals surface area contributed by atoms with Crippen LogP contribution in [0.1, 0.15) is 34.8 Å². The van der Waals surface area contributed by atoms with Crippen molar-refractivity contribution in [1.82, 2.24) is 9.78 Å². The fourth-order valence-corrected chi connectivity index (χ4v) is 3.07. The highest BCUT2D eigenvalue weighted by Gasteiger charge is 2.28. The highest BCUT2D eigenvalue weighted by molar-refractivity contribution is 5.95. The number of ether oxygens (including phenoxy) is 2. The molecule has 1 heterocycles. The maximum absolute atomic E-state index is 12.4. The second kappa shape index (κ2) is 9.30. The van der Waals surface area contributed by atoms with E-state index < -0.39 is 18.5 Å². The van der Waals surface area contributed by atoms with Crippen LogP contribution in [0.3, 0.4) is 0 Å². The van der Waals surface area contributed by atoms with Gasteiger partial charge in [-0.25, -0.2) is 9.48 Å². The molecule has 1 amide bonds. The van der Waals surface area contributed by atoms with Gasteiger partial charge in [-0.3, -0.25) is 4.79 Å². The zero-order chi connectivity index (χ0) is 21.6. The predicted octanol–water partition coefficient (Wildman–Crippen LogP) is 4.11. The van der Waals surface area contributed by atoms with E-state index in [1.165, 1.54) is 0 Å². The fourth-order valence-electron chi connectivity index (χ4n) is 3.07. The monoisotopic (exact) mass is 417 g/mol. The van der Waals surface area contributed by atoms with Gasteiger partial charge in [0.1, 0.15) is 18.2 Å². The normalized spacial score (nSPS) is 12.8. The van der Waals surface area contributed by atoms with Gasteiger partial charge in [-0.1, -0.05) is 30.9 Å². The lowest BCUT2D eigenvalue weighted by Crippen LogP contribution is -2.22. The van der Waals surface area contributed by atoms with Crippen LogP contribution in [0, 0.1) is 0 Å². The smallest absolute Gasteiger partial charge is 0.338 e. The molecule has 31 heavy (non-hydrogen) atoms. The van der Waals surface area contributed by atoms with Gasteiger partial charge in [0.2, 0.25) is 0 Å². The first-order valence-electron chi connectivity index (χ1n) is 10.1. The number of hydrogen-bond donors (Lipinski definition) is 1. The fraction of sp³-hybridized carbons (Fsp3) is 0.208. The average molecular weight is 417 g/mol. The number of esters is 1. The zero-order valence-corrected chi connectivity index (χ0v) is 17.0. The molecule has 3 aromatic rings. The molecule has 0 aliphatic heterocycles. The van der Waals surface area contributed by atoms with Crippen LogP contribution < -0.4 is 10.1 Å². The summed E-state index contributed by atoms with van der Waals surface area (Å²) in [6.07, 6.45) is 3.85. The van der Waals surface area contributed by atoms with Crippen molar-refractivity contribution in [1.29, 1.82) is 0 Å². The molecule has 0 unspecified atom stereocenters. The molecule has 0 radical (unpaired) electrons. The summed E-state index contributed by atoms with van der Waals surface area (Å²) in [4.78, 5) is 24.7. The lowest BCUT2D eigenvalue weighted by Gasteiger charge is -2.09. The molecule has 2 aromatic carbocycles. The molecule has 1 N–H and O–H groups in total. The molecule has 158 valence electrons. The van der Waals surface area contributed by atoms with Crippen molar-refractivity contribution in [2.45, 2.75) is 18.8 Å². The number of nitrogens with one attached hydrogen (secondary N) is 1. The Morgan fingerprint density at radius 2 is 1.87 bits per heavy atom. The summed E-state index contributed by atoms with van der Waals surface area (Å²) in [5.74, 6) is 0.601. The molecule has 0 bridgehead atoms. The van der Waals surface area contributed by atoms with Crippen LogP contribution in [0.25, 0.3) is 5.69 Å². The Labute approximate surface area is 180 Å². The minimum atomic E-state index is -0.583. The molecular formula is C24H23N3O4. The van der Waals surface area contributed by atoms with Gasteiger partial charge >= 0.3 is 5.97 Å². The average Bonchev–Trinajstić information content (AvgIpc) is 3.57. The Morgan fingerprint density at radius 1 is 1.13 bits per heavy atom. The standard InChI is InChI=1S/C24H23N3O4/c1-2-14-30-20-12-10-18(11-13-20)24(29)31-16-23(28)25-22-15-21(17-8-9-17)26-27(22)19-6-4-3-5-7-19/h2-7,10-13,15,17H,1,8-9,14,16H2,(H,25,28). The van der Waals surface area contributed by atoms with Gasteiger partial charge in [-0.05, 0) is 49.2 Å². The lowest BCUT2D eigenvalue weighted by atomic mass is 10.2. The van der Waals surface area contributed by atoms with E-state index in [2.05, 4.69) is 17.0 Å². The SMILES string of the molecule is C=CCOc1ccc(C(=O)OCC(=O)Nc2cc(C3CC3)nn2-c2ccccc2)cc1. The number of nitrogens with zero attached hydrogens (tertiary/aromatic N) is 2. The van der Waals surface area contributed by atoms with E-state index in [-0.39, 0.29) is 0 Å². The van der Waals surface area contributed by atoms with Crippen LogP contribution in [-0.4, -0.2) is 34.9 Å². The van der Waals surface area contributed by atoms with Crippen LogP contribution in [0.5, 0.6) is 5.75 Å². The van der Waals surface area contributed by atoms with Crippen molar-refractivity contribution in [2.75, 3.05) is 18.5 Å². The summed E-state index contributed by atoms with van der Waals surface area (Å²) < 4.78 is 12.2. The van der Waals surface area contributed by atoms with E-state index in [1.807, 2.05) is 36.4 Å². The largest absolute Gasteiger partial charge is 0.490 e. The number of hydrogen-bond acceptors (Lipinski definition) is 5. The van der Waals surface area contributed by atoms with E-state index in [0.717, 1.165) is 24.2 Å². The van der Waals surface area contributed by atoms with Crippen LogP contribution in [0.2, 0.25) is 0 Å².